The molecule has 11 heteroatoms. The van der Waals surface area contributed by atoms with Crippen LogP contribution in [0.15, 0.2) is 0 Å². The lowest BCUT2D eigenvalue weighted by molar-refractivity contribution is -0.147. The van der Waals surface area contributed by atoms with E-state index in [9.17, 15) is 24.0 Å². The van der Waals surface area contributed by atoms with Gasteiger partial charge in [-0.25, -0.2) is 4.79 Å². The van der Waals surface area contributed by atoms with Gasteiger partial charge in [-0.1, -0.05) is 40.5 Å². The molecule has 166 valence electrons. The summed E-state index contributed by atoms with van der Waals surface area (Å²) < 4.78 is 0. The average molecular weight is 416 g/mol. The van der Waals surface area contributed by atoms with Gasteiger partial charge in [-0.05, 0) is 11.8 Å². The van der Waals surface area contributed by atoms with Crippen LogP contribution < -0.4 is 21.7 Å². The molecular formula is C18H32N4O7. The van der Waals surface area contributed by atoms with Crippen LogP contribution in [-0.4, -0.2) is 64.5 Å². The zero-order valence-corrected chi connectivity index (χ0v) is 17.2. The number of aliphatic carboxylic acids is 2. The van der Waals surface area contributed by atoms with Crippen molar-refractivity contribution < 1.29 is 34.2 Å². The zero-order chi connectivity index (χ0) is 22.7. The van der Waals surface area contributed by atoms with Crippen LogP contribution >= 0.6 is 0 Å². The Morgan fingerprint density at radius 3 is 1.90 bits per heavy atom. The van der Waals surface area contributed by atoms with Crippen molar-refractivity contribution in [2.75, 3.05) is 6.54 Å². The van der Waals surface area contributed by atoms with Gasteiger partial charge in [0.05, 0.1) is 19.0 Å². The highest BCUT2D eigenvalue weighted by molar-refractivity contribution is 5.93. The van der Waals surface area contributed by atoms with Crippen LogP contribution in [0.5, 0.6) is 0 Å². The van der Waals surface area contributed by atoms with Crippen molar-refractivity contribution in [3.8, 4) is 0 Å². The van der Waals surface area contributed by atoms with E-state index >= 15 is 0 Å². The van der Waals surface area contributed by atoms with E-state index in [0.29, 0.717) is 12.8 Å². The third-order valence-electron chi connectivity index (χ3n) is 4.79. The minimum absolute atomic E-state index is 0.0705. The van der Waals surface area contributed by atoms with E-state index in [-0.39, 0.29) is 11.8 Å². The number of nitrogens with two attached hydrogens (primary N) is 1. The predicted molar refractivity (Wildman–Crippen MR) is 104 cm³/mol. The van der Waals surface area contributed by atoms with Gasteiger partial charge in [-0.3, -0.25) is 19.2 Å². The van der Waals surface area contributed by atoms with Gasteiger partial charge < -0.3 is 31.9 Å². The largest absolute Gasteiger partial charge is 0.481 e. The first-order valence-corrected chi connectivity index (χ1v) is 9.52. The van der Waals surface area contributed by atoms with Gasteiger partial charge in [0.25, 0.3) is 0 Å². The molecule has 0 aromatic rings. The number of carboxylic acids is 2. The van der Waals surface area contributed by atoms with Gasteiger partial charge >= 0.3 is 11.9 Å². The number of hydrogen-bond acceptors (Lipinski definition) is 6. The van der Waals surface area contributed by atoms with Gasteiger partial charge in [-0.15, -0.1) is 0 Å². The van der Waals surface area contributed by atoms with E-state index in [1.807, 2.05) is 13.8 Å². The monoisotopic (exact) mass is 416 g/mol. The Labute approximate surface area is 169 Å². The summed E-state index contributed by atoms with van der Waals surface area (Å²) in [6.07, 6.45) is 0.379. The number of carbonyl (C=O) groups is 5. The number of amides is 3. The molecule has 0 spiro atoms. The van der Waals surface area contributed by atoms with Crippen LogP contribution in [-0.2, 0) is 24.0 Å². The molecule has 0 bridgehead atoms. The zero-order valence-electron chi connectivity index (χ0n) is 17.2. The summed E-state index contributed by atoms with van der Waals surface area (Å²) in [5.74, 6) is -5.28. The standard InChI is InChI=1S/C18H32N4O7/c1-5-9(3)14(19)16(26)20-8-12(23)22-15(10(4)6-2)17(27)21-11(18(28)29)7-13(24)25/h9-11,14-15H,5-8,19H2,1-4H3,(H,20,26)(H,21,27)(H,22,23)(H,24,25)(H,28,29). The van der Waals surface area contributed by atoms with Crippen LogP contribution in [0.2, 0.25) is 0 Å². The van der Waals surface area contributed by atoms with Gasteiger partial charge in [0, 0.05) is 0 Å². The van der Waals surface area contributed by atoms with Gasteiger partial charge in [0.2, 0.25) is 17.7 Å². The lowest BCUT2D eigenvalue weighted by Crippen LogP contribution is -2.56. The van der Waals surface area contributed by atoms with E-state index in [0.717, 1.165) is 0 Å². The maximum Gasteiger partial charge on any atom is 0.326 e. The Morgan fingerprint density at radius 2 is 1.45 bits per heavy atom. The summed E-state index contributed by atoms with van der Waals surface area (Å²) in [4.78, 5) is 58.5. The normalized spacial score (nSPS) is 15.9. The summed E-state index contributed by atoms with van der Waals surface area (Å²) in [7, 11) is 0. The van der Waals surface area contributed by atoms with Crippen molar-refractivity contribution in [3.63, 3.8) is 0 Å². The summed E-state index contributed by atoms with van der Waals surface area (Å²) in [5, 5.41) is 24.8. The number of carbonyl (C=O) groups excluding carboxylic acids is 3. The topological polar surface area (TPSA) is 188 Å². The number of nitrogens with one attached hydrogen (secondary N) is 3. The quantitative estimate of drug-likeness (QED) is 0.221. The fourth-order valence-electron chi connectivity index (χ4n) is 2.36. The summed E-state index contributed by atoms with van der Waals surface area (Å²) >= 11 is 0. The molecule has 0 aliphatic carbocycles. The Kier molecular flexibility index (Phi) is 11.5. The van der Waals surface area contributed by atoms with Crippen LogP contribution in [0.4, 0.5) is 0 Å². The second kappa shape index (κ2) is 12.7. The molecular weight excluding hydrogens is 384 g/mol. The highest BCUT2D eigenvalue weighted by atomic mass is 16.4. The highest BCUT2D eigenvalue weighted by Crippen LogP contribution is 2.09. The van der Waals surface area contributed by atoms with E-state index in [2.05, 4.69) is 16.0 Å². The number of hydrogen-bond donors (Lipinski definition) is 6. The lowest BCUT2D eigenvalue weighted by atomic mass is 9.97. The molecule has 0 saturated heterocycles. The molecule has 0 rings (SSSR count). The predicted octanol–water partition coefficient (Wildman–Crippen LogP) is -0.949. The molecule has 29 heavy (non-hydrogen) atoms. The van der Waals surface area contributed by atoms with Crippen LogP contribution in [0.25, 0.3) is 0 Å². The first-order chi connectivity index (χ1) is 13.4. The Morgan fingerprint density at radius 1 is 0.897 bits per heavy atom. The fraction of sp³-hybridized carbons (Fsp3) is 0.722. The molecule has 0 heterocycles. The SMILES string of the molecule is CCC(C)C(N)C(=O)NCC(=O)NC(C(=O)NC(CC(=O)O)C(=O)O)C(C)CC. The Bertz CT molecular complexity index is 611. The van der Waals surface area contributed by atoms with E-state index in [1.165, 1.54) is 0 Å². The smallest absolute Gasteiger partial charge is 0.326 e. The highest BCUT2D eigenvalue weighted by Gasteiger charge is 2.31. The van der Waals surface area contributed by atoms with Crippen molar-refractivity contribution >= 4 is 29.7 Å². The van der Waals surface area contributed by atoms with Crippen molar-refractivity contribution in [2.45, 2.75) is 65.1 Å². The number of rotatable bonds is 13. The van der Waals surface area contributed by atoms with Gasteiger partial charge in [0.15, 0.2) is 0 Å². The summed E-state index contributed by atoms with van der Waals surface area (Å²) in [6, 6.07) is -3.49. The molecule has 5 unspecified atom stereocenters. The fourth-order valence-corrected chi connectivity index (χ4v) is 2.36. The van der Waals surface area contributed by atoms with E-state index in [1.54, 1.807) is 13.8 Å². The molecule has 0 saturated carbocycles. The molecule has 0 fully saturated rings. The van der Waals surface area contributed by atoms with Gasteiger partial charge in [0.1, 0.15) is 12.1 Å². The van der Waals surface area contributed by atoms with Crippen molar-refractivity contribution in [1.82, 2.24) is 16.0 Å². The van der Waals surface area contributed by atoms with Crippen LogP contribution in [0.3, 0.4) is 0 Å². The van der Waals surface area contributed by atoms with E-state index < -0.39 is 60.8 Å². The minimum atomic E-state index is -1.63. The molecule has 7 N–H and O–H groups in total. The van der Waals surface area contributed by atoms with Crippen LogP contribution in [0.1, 0.15) is 47.0 Å². The third kappa shape index (κ3) is 9.37. The number of carboxylic acid groups (broad SMARTS) is 2. The molecule has 5 atom stereocenters. The summed E-state index contributed by atoms with van der Waals surface area (Å²) in [5.41, 5.74) is 5.79. The van der Waals surface area contributed by atoms with Crippen molar-refractivity contribution in [2.24, 2.45) is 17.6 Å². The van der Waals surface area contributed by atoms with Crippen molar-refractivity contribution in [1.29, 1.82) is 0 Å². The molecule has 0 aromatic heterocycles. The second-order valence-corrected chi connectivity index (χ2v) is 7.06. The van der Waals surface area contributed by atoms with E-state index in [4.69, 9.17) is 15.9 Å². The Balaban J connectivity index is 5.00. The molecule has 11 nitrogen and oxygen atoms in total. The molecule has 3 amide bonds. The summed E-state index contributed by atoms with van der Waals surface area (Å²) in [6.45, 7) is 6.74. The van der Waals surface area contributed by atoms with Gasteiger partial charge in [-0.2, -0.15) is 0 Å². The maximum atomic E-state index is 12.5. The molecule has 0 aliphatic heterocycles. The van der Waals surface area contributed by atoms with Crippen LogP contribution in [0, 0.1) is 11.8 Å². The first-order valence-electron chi connectivity index (χ1n) is 9.52. The molecule has 0 radical (unpaired) electrons. The average Bonchev–Trinajstić information content (AvgIpc) is 2.67. The molecule has 0 aliphatic rings. The minimum Gasteiger partial charge on any atom is -0.481 e. The maximum absolute atomic E-state index is 12.5. The lowest BCUT2D eigenvalue weighted by Gasteiger charge is -2.25. The third-order valence-corrected chi connectivity index (χ3v) is 4.79. The van der Waals surface area contributed by atoms with Crippen molar-refractivity contribution in [3.05, 3.63) is 0 Å². The second-order valence-electron chi connectivity index (χ2n) is 7.06. The first kappa shape index (κ1) is 26.3. The molecule has 0 aromatic carbocycles. The Hall–Kier alpha value is -2.69.